The minimum Gasteiger partial charge on any atom is -0.490 e. The fourth-order valence-corrected chi connectivity index (χ4v) is 2.67. The Bertz CT molecular complexity index is 1050. The smallest absolute Gasteiger partial charge is 0.314 e. The van der Waals surface area contributed by atoms with Crippen molar-refractivity contribution in [3.63, 3.8) is 0 Å². The van der Waals surface area contributed by atoms with Crippen LogP contribution in [-0.2, 0) is 4.79 Å². The number of carbonyl (C=O) groups excluding carboxylic acids is 1. The van der Waals surface area contributed by atoms with E-state index < -0.39 is 0 Å². The van der Waals surface area contributed by atoms with E-state index in [9.17, 15) is 9.59 Å². The molecule has 1 fully saturated rings. The lowest BCUT2D eigenvalue weighted by Gasteiger charge is -2.11. The Labute approximate surface area is 155 Å². The van der Waals surface area contributed by atoms with Gasteiger partial charge in [0, 0.05) is 6.07 Å². The SMILES string of the molecule is CCOc1ccccc1Oc1coc2cc(OC(=O)C3CC3)ccc2c1=O. The second kappa shape index (κ2) is 7.15. The van der Waals surface area contributed by atoms with Crippen molar-refractivity contribution < 1.29 is 23.4 Å². The molecule has 0 aliphatic heterocycles. The molecule has 0 atom stereocenters. The number of para-hydroxylation sites is 2. The average molecular weight is 366 g/mol. The molecule has 1 saturated carbocycles. The lowest BCUT2D eigenvalue weighted by molar-refractivity contribution is -0.135. The molecule has 0 bridgehead atoms. The van der Waals surface area contributed by atoms with E-state index in [1.165, 1.54) is 12.3 Å². The van der Waals surface area contributed by atoms with Crippen LogP contribution in [0.3, 0.4) is 0 Å². The highest BCUT2D eigenvalue weighted by molar-refractivity contribution is 5.82. The maximum absolute atomic E-state index is 12.7. The number of carbonyl (C=O) groups is 1. The largest absolute Gasteiger partial charge is 0.490 e. The Kier molecular flexibility index (Phi) is 4.54. The summed E-state index contributed by atoms with van der Waals surface area (Å²) in [7, 11) is 0. The van der Waals surface area contributed by atoms with Crippen molar-refractivity contribution in [3.8, 4) is 23.0 Å². The van der Waals surface area contributed by atoms with E-state index >= 15 is 0 Å². The minimum atomic E-state index is -0.317. The molecule has 1 aliphatic rings. The summed E-state index contributed by atoms with van der Waals surface area (Å²) < 4.78 is 22.1. The predicted octanol–water partition coefficient (Wildman–Crippen LogP) is 4.30. The van der Waals surface area contributed by atoms with Crippen LogP contribution in [0.2, 0.25) is 0 Å². The third-order valence-electron chi connectivity index (χ3n) is 4.21. The van der Waals surface area contributed by atoms with Gasteiger partial charge in [-0.2, -0.15) is 0 Å². The van der Waals surface area contributed by atoms with E-state index in [0.717, 1.165) is 12.8 Å². The third kappa shape index (κ3) is 3.65. The molecule has 0 spiro atoms. The van der Waals surface area contributed by atoms with Gasteiger partial charge in [-0.25, -0.2) is 0 Å². The molecule has 1 heterocycles. The second-order valence-electron chi connectivity index (χ2n) is 6.26. The zero-order valence-corrected chi connectivity index (χ0v) is 14.8. The highest BCUT2D eigenvalue weighted by atomic mass is 16.5. The van der Waals surface area contributed by atoms with E-state index in [1.807, 2.05) is 13.0 Å². The van der Waals surface area contributed by atoms with Gasteiger partial charge in [0.25, 0.3) is 0 Å². The van der Waals surface area contributed by atoms with Crippen LogP contribution in [0.4, 0.5) is 0 Å². The quantitative estimate of drug-likeness (QED) is 0.478. The summed E-state index contributed by atoms with van der Waals surface area (Å²) in [6.45, 7) is 2.35. The zero-order chi connectivity index (χ0) is 18.8. The van der Waals surface area contributed by atoms with Crippen LogP contribution in [0.25, 0.3) is 11.0 Å². The van der Waals surface area contributed by atoms with Gasteiger partial charge in [0.2, 0.25) is 11.2 Å². The van der Waals surface area contributed by atoms with Crippen molar-refractivity contribution >= 4 is 16.9 Å². The first-order valence-electron chi connectivity index (χ1n) is 8.82. The van der Waals surface area contributed by atoms with Crippen molar-refractivity contribution in [1.29, 1.82) is 0 Å². The van der Waals surface area contributed by atoms with Gasteiger partial charge in [-0.05, 0) is 44.0 Å². The van der Waals surface area contributed by atoms with Crippen LogP contribution in [0.15, 0.2) is 57.9 Å². The minimum absolute atomic E-state index is 0.00566. The molecule has 3 aromatic rings. The standard InChI is InChI=1S/C21H18O6/c1-2-24-16-5-3-4-6-17(16)27-19-12-25-18-11-14(9-10-15(18)20(19)22)26-21(23)13-7-8-13/h3-6,9-13H,2,7-8H2,1H3. The Morgan fingerprint density at radius 1 is 1.11 bits per heavy atom. The van der Waals surface area contributed by atoms with Crippen LogP contribution in [-0.4, -0.2) is 12.6 Å². The Morgan fingerprint density at radius 2 is 1.89 bits per heavy atom. The van der Waals surface area contributed by atoms with Crippen molar-refractivity contribution in [3.05, 3.63) is 59.0 Å². The molecule has 1 aromatic heterocycles. The Hall–Kier alpha value is -3.28. The van der Waals surface area contributed by atoms with Gasteiger partial charge in [0.05, 0.1) is 17.9 Å². The molecule has 27 heavy (non-hydrogen) atoms. The molecule has 0 amide bonds. The van der Waals surface area contributed by atoms with E-state index in [-0.39, 0.29) is 23.1 Å². The van der Waals surface area contributed by atoms with E-state index in [4.69, 9.17) is 18.6 Å². The van der Waals surface area contributed by atoms with Crippen LogP contribution in [0, 0.1) is 5.92 Å². The first-order chi connectivity index (χ1) is 13.2. The first kappa shape index (κ1) is 17.1. The van der Waals surface area contributed by atoms with Crippen LogP contribution in [0.5, 0.6) is 23.0 Å². The van der Waals surface area contributed by atoms with Gasteiger partial charge in [-0.1, -0.05) is 12.1 Å². The molecule has 0 unspecified atom stereocenters. The Morgan fingerprint density at radius 3 is 2.63 bits per heavy atom. The molecule has 6 heteroatoms. The van der Waals surface area contributed by atoms with E-state index in [2.05, 4.69) is 0 Å². The van der Waals surface area contributed by atoms with E-state index in [0.29, 0.717) is 34.8 Å². The molecular formula is C21H18O6. The van der Waals surface area contributed by atoms with Crippen LogP contribution in [0.1, 0.15) is 19.8 Å². The van der Waals surface area contributed by atoms with Gasteiger partial charge >= 0.3 is 5.97 Å². The average Bonchev–Trinajstić information content (AvgIpc) is 3.51. The monoisotopic (exact) mass is 366 g/mol. The number of benzene rings is 2. The zero-order valence-electron chi connectivity index (χ0n) is 14.8. The lowest BCUT2D eigenvalue weighted by Crippen LogP contribution is -2.10. The number of hydrogen-bond donors (Lipinski definition) is 0. The first-order valence-corrected chi connectivity index (χ1v) is 8.82. The summed E-state index contributed by atoms with van der Waals surface area (Å²) in [5.74, 6) is 1.14. The van der Waals surface area contributed by atoms with Gasteiger partial charge in [-0.3, -0.25) is 9.59 Å². The number of hydrogen-bond acceptors (Lipinski definition) is 6. The number of fused-ring (bicyclic) bond motifs is 1. The van der Waals surface area contributed by atoms with Crippen molar-refractivity contribution in [2.24, 2.45) is 5.92 Å². The summed E-state index contributed by atoms with van der Waals surface area (Å²) in [4.78, 5) is 24.5. The summed E-state index contributed by atoms with van der Waals surface area (Å²) in [5, 5.41) is 0.340. The van der Waals surface area contributed by atoms with Crippen molar-refractivity contribution in [1.82, 2.24) is 0 Å². The normalized spacial score (nSPS) is 13.4. The highest BCUT2D eigenvalue weighted by Gasteiger charge is 2.31. The summed E-state index contributed by atoms with van der Waals surface area (Å²) in [5.41, 5.74) is 0.00848. The second-order valence-corrected chi connectivity index (χ2v) is 6.26. The van der Waals surface area contributed by atoms with Crippen LogP contribution < -0.4 is 19.6 Å². The highest BCUT2D eigenvalue weighted by Crippen LogP contribution is 2.32. The number of rotatable bonds is 6. The predicted molar refractivity (Wildman–Crippen MR) is 98.5 cm³/mol. The molecule has 0 saturated heterocycles. The topological polar surface area (TPSA) is 75.0 Å². The van der Waals surface area contributed by atoms with Gasteiger partial charge in [0.1, 0.15) is 17.6 Å². The molecule has 1 aliphatic carbocycles. The third-order valence-corrected chi connectivity index (χ3v) is 4.21. The lowest BCUT2D eigenvalue weighted by atomic mass is 10.2. The van der Waals surface area contributed by atoms with Crippen LogP contribution >= 0.6 is 0 Å². The fraction of sp³-hybridized carbons (Fsp3) is 0.238. The van der Waals surface area contributed by atoms with Crippen molar-refractivity contribution in [2.75, 3.05) is 6.61 Å². The van der Waals surface area contributed by atoms with Gasteiger partial charge in [-0.15, -0.1) is 0 Å². The van der Waals surface area contributed by atoms with E-state index in [1.54, 1.807) is 30.3 Å². The maximum Gasteiger partial charge on any atom is 0.314 e. The molecule has 6 nitrogen and oxygen atoms in total. The molecule has 0 N–H and O–H groups in total. The molecule has 2 aromatic carbocycles. The van der Waals surface area contributed by atoms with Gasteiger partial charge < -0.3 is 18.6 Å². The molecule has 0 radical (unpaired) electrons. The van der Waals surface area contributed by atoms with Gasteiger partial charge in [0.15, 0.2) is 11.5 Å². The molecule has 138 valence electrons. The van der Waals surface area contributed by atoms with Crippen molar-refractivity contribution in [2.45, 2.75) is 19.8 Å². The number of esters is 1. The summed E-state index contributed by atoms with van der Waals surface area (Å²) >= 11 is 0. The molecule has 4 rings (SSSR count). The Balaban J connectivity index is 1.62. The summed E-state index contributed by atoms with van der Waals surface area (Å²) in [6, 6.07) is 11.8. The molecular weight excluding hydrogens is 348 g/mol. The number of ether oxygens (including phenoxy) is 3. The summed E-state index contributed by atoms with van der Waals surface area (Å²) in [6.07, 6.45) is 2.98. The fourth-order valence-electron chi connectivity index (χ4n) is 2.67. The maximum atomic E-state index is 12.7.